The first-order chi connectivity index (χ1) is 7.22. The first-order valence-corrected chi connectivity index (χ1v) is 6.22. The average Bonchev–Trinajstić information content (AvgIpc) is 2.67. The molecule has 1 saturated heterocycles. The summed E-state index contributed by atoms with van der Waals surface area (Å²) in [4.78, 5) is 11.6. The molecular formula is C12H24N2O. The van der Waals surface area contributed by atoms with Crippen molar-refractivity contribution in [3.63, 3.8) is 0 Å². The van der Waals surface area contributed by atoms with Gasteiger partial charge in [-0.25, -0.2) is 0 Å². The van der Waals surface area contributed by atoms with Crippen LogP contribution in [0.2, 0.25) is 0 Å². The fraction of sp³-hybridized carbons (Fsp3) is 0.917. The summed E-state index contributed by atoms with van der Waals surface area (Å²) in [6, 6.07) is 0.337. The third kappa shape index (κ3) is 5.17. The van der Waals surface area contributed by atoms with Crippen molar-refractivity contribution in [2.45, 2.75) is 52.0 Å². The van der Waals surface area contributed by atoms with Crippen LogP contribution < -0.4 is 10.6 Å². The number of amides is 1. The maximum absolute atomic E-state index is 11.6. The third-order valence-corrected chi connectivity index (χ3v) is 3.07. The molecule has 0 aromatic carbocycles. The molecule has 0 aliphatic carbocycles. The molecule has 2 atom stereocenters. The summed E-state index contributed by atoms with van der Waals surface area (Å²) in [5.74, 6) is 0.945. The zero-order valence-electron chi connectivity index (χ0n) is 10.0. The van der Waals surface area contributed by atoms with E-state index in [1.54, 1.807) is 0 Å². The van der Waals surface area contributed by atoms with Gasteiger partial charge in [-0.05, 0) is 45.2 Å². The van der Waals surface area contributed by atoms with Crippen LogP contribution in [-0.4, -0.2) is 25.0 Å². The Bertz CT molecular complexity index is 188. The molecule has 1 rings (SSSR count). The highest BCUT2D eigenvalue weighted by Gasteiger charge is 2.16. The SMILES string of the molecule is CCCC(C)NC(=O)CCC1CCNC1. The molecule has 0 aromatic heterocycles. The largest absolute Gasteiger partial charge is 0.354 e. The third-order valence-electron chi connectivity index (χ3n) is 3.07. The minimum Gasteiger partial charge on any atom is -0.354 e. The Morgan fingerprint density at radius 1 is 1.60 bits per heavy atom. The molecule has 0 radical (unpaired) electrons. The number of hydrogen-bond acceptors (Lipinski definition) is 2. The van der Waals surface area contributed by atoms with Gasteiger partial charge in [-0.2, -0.15) is 0 Å². The van der Waals surface area contributed by atoms with Gasteiger partial charge in [0.05, 0.1) is 0 Å². The number of rotatable bonds is 6. The average molecular weight is 212 g/mol. The minimum atomic E-state index is 0.225. The first-order valence-electron chi connectivity index (χ1n) is 6.22. The molecule has 3 heteroatoms. The van der Waals surface area contributed by atoms with E-state index in [1.165, 1.54) is 6.42 Å². The molecule has 1 aliphatic rings. The van der Waals surface area contributed by atoms with Gasteiger partial charge in [0.15, 0.2) is 0 Å². The van der Waals surface area contributed by atoms with Crippen molar-refractivity contribution in [3.05, 3.63) is 0 Å². The lowest BCUT2D eigenvalue weighted by atomic mass is 10.0. The minimum absolute atomic E-state index is 0.225. The normalized spacial score (nSPS) is 22.7. The molecule has 1 heterocycles. The summed E-state index contributed by atoms with van der Waals surface area (Å²) in [5, 5.41) is 6.37. The van der Waals surface area contributed by atoms with Gasteiger partial charge in [0.1, 0.15) is 0 Å². The maximum Gasteiger partial charge on any atom is 0.220 e. The van der Waals surface area contributed by atoms with E-state index in [2.05, 4.69) is 24.5 Å². The molecule has 1 amide bonds. The molecule has 2 unspecified atom stereocenters. The van der Waals surface area contributed by atoms with E-state index in [4.69, 9.17) is 0 Å². The van der Waals surface area contributed by atoms with E-state index in [-0.39, 0.29) is 5.91 Å². The molecule has 3 nitrogen and oxygen atoms in total. The van der Waals surface area contributed by atoms with Gasteiger partial charge in [-0.3, -0.25) is 4.79 Å². The van der Waals surface area contributed by atoms with Crippen molar-refractivity contribution < 1.29 is 4.79 Å². The summed E-state index contributed by atoms with van der Waals surface area (Å²) >= 11 is 0. The van der Waals surface area contributed by atoms with Crippen molar-refractivity contribution in [1.82, 2.24) is 10.6 Å². The zero-order valence-corrected chi connectivity index (χ0v) is 10.0. The zero-order chi connectivity index (χ0) is 11.1. The standard InChI is InChI=1S/C12H24N2O/c1-3-4-10(2)14-12(15)6-5-11-7-8-13-9-11/h10-11,13H,3-9H2,1-2H3,(H,14,15). The molecule has 0 aromatic rings. The smallest absolute Gasteiger partial charge is 0.220 e. The Hall–Kier alpha value is -0.570. The number of carbonyl (C=O) groups is 1. The van der Waals surface area contributed by atoms with Crippen molar-refractivity contribution in [2.75, 3.05) is 13.1 Å². The van der Waals surface area contributed by atoms with Crippen LogP contribution in [0.5, 0.6) is 0 Å². The van der Waals surface area contributed by atoms with Gasteiger partial charge >= 0.3 is 0 Å². The van der Waals surface area contributed by atoms with E-state index in [0.29, 0.717) is 12.5 Å². The second kappa shape index (κ2) is 6.83. The maximum atomic E-state index is 11.6. The van der Waals surface area contributed by atoms with Crippen LogP contribution >= 0.6 is 0 Å². The molecule has 88 valence electrons. The molecule has 2 N–H and O–H groups in total. The number of nitrogens with one attached hydrogen (secondary N) is 2. The summed E-state index contributed by atoms with van der Waals surface area (Å²) in [7, 11) is 0. The molecule has 0 saturated carbocycles. The van der Waals surface area contributed by atoms with Crippen LogP contribution in [0, 0.1) is 5.92 Å². The van der Waals surface area contributed by atoms with Crippen molar-refractivity contribution >= 4 is 5.91 Å². The van der Waals surface area contributed by atoms with Crippen LogP contribution in [-0.2, 0) is 4.79 Å². The topological polar surface area (TPSA) is 41.1 Å². The first kappa shape index (κ1) is 12.5. The number of hydrogen-bond donors (Lipinski definition) is 2. The summed E-state index contributed by atoms with van der Waals surface area (Å²) in [6.07, 6.45) is 5.18. The van der Waals surface area contributed by atoms with Gasteiger partial charge in [-0.1, -0.05) is 13.3 Å². The van der Waals surface area contributed by atoms with E-state index in [9.17, 15) is 4.79 Å². The Morgan fingerprint density at radius 2 is 2.40 bits per heavy atom. The number of carbonyl (C=O) groups excluding carboxylic acids is 1. The Labute approximate surface area is 93.0 Å². The highest BCUT2D eigenvalue weighted by atomic mass is 16.1. The molecule has 1 fully saturated rings. The fourth-order valence-corrected chi connectivity index (χ4v) is 2.15. The van der Waals surface area contributed by atoms with Gasteiger partial charge in [-0.15, -0.1) is 0 Å². The van der Waals surface area contributed by atoms with Gasteiger partial charge in [0, 0.05) is 12.5 Å². The van der Waals surface area contributed by atoms with E-state index in [0.717, 1.165) is 38.3 Å². The Balaban J connectivity index is 2.07. The lowest BCUT2D eigenvalue weighted by Gasteiger charge is -2.13. The van der Waals surface area contributed by atoms with Gasteiger partial charge in [0.25, 0.3) is 0 Å². The van der Waals surface area contributed by atoms with Crippen LogP contribution in [0.1, 0.15) is 46.0 Å². The molecule has 15 heavy (non-hydrogen) atoms. The molecular weight excluding hydrogens is 188 g/mol. The van der Waals surface area contributed by atoms with Crippen molar-refractivity contribution in [1.29, 1.82) is 0 Å². The van der Waals surface area contributed by atoms with Crippen molar-refractivity contribution in [3.8, 4) is 0 Å². The van der Waals surface area contributed by atoms with Gasteiger partial charge in [0.2, 0.25) is 5.91 Å². The predicted molar refractivity (Wildman–Crippen MR) is 62.7 cm³/mol. The molecule has 0 spiro atoms. The van der Waals surface area contributed by atoms with Crippen LogP contribution in [0.3, 0.4) is 0 Å². The Kier molecular flexibility index (Phi) is 5.69. The summed E-state index contributed by atoms with van der Waals surface area (Å²) in [6.45, 7) is 6.45. The van der Waals surface area contributed by atoms with Crippen LogP contribution in [0.15, 0.2) is 0 Å². The quantitative estimate of drug-likeness (QED) is 0.703. The van der Waals surface area contributed by atoms with E-state index >= 15 is 0 Å². The Morgan fingerprint density at radius 3 is 3.00 bits per heavy atom. The highest BCUT2D eigenvalue weighted by molar-refractivity contribution is 5.76. The highest BCUT2D eigenvalue weighted by Crippen LogP contribution is 2.14. The second-order valence-corrected chi connectivity index (χ2v) is 4.65. The van der Waals surface area contributed by atoms with Crippen LogP contribution in [0.4, 0.5) is 0 Å². The summed E-state index contributed by atoms with van der Waals surface area (Å²) in [5.41, 5.74) is 0. The summed E-state index contributed by atoms with van der Waals surface area (Å²) < 4.78 is 0. The monoisotopic (exact) mass is 212 g/mol. The molecule has 0 bridgehead atoms. The predicted octanol–water partition coefficient (Wildman–Crippen LogP) is 1.68. The lowest BCUT2D eigenvalue weighted by molar-refractivity contribution is -0.122. The van der Waals surface area contributed by atoms with Crippen molar-refractivity contribution in [2.24, 2.45) is 5.92 Å². The van der Waals surface area contributed by atoms with E-state index < -0.39 is 0 Å². The lowest BCUT2D eigenvalue weighted by Crippen LogP contribution is -2.32. The van der Waals surface area contributed by atoms with Crippen LogP contribution in [0.25, 0.3) is 0 Å². The van der Waals surface area contributed by atoms with Gasteiger partial charge < -0.3 is 10.6 Å². The molecule has 1 aliphatic heterocycles. The second-order valence-electron chi connectivity index (χ2n) is 4.65. The fourth-order valence-electron chi connectivity index (χ4n) is 2.15. The van der Waals surface area contributed by atoms with E-state index in [1.807, 2.05) is 0 Å².